The molecule has 43 valence electrons. The zero-order valence-corrected chi connectivity index (χ0v) is 7.32. The first-order valence-electron chi connectivity index (χ1n) is 2.49. The molecule has 0 saturated carbocycles. The van der Waals surface area contributed by atoms with Crippen LogP contribution < -0.4 is 0 Å². The van der Waals surface area contributed by atoms with Gasteiger partial charge in [0.05, 0.1) is 0 Å². The van der Waals surface area contributed by atoms with Crippen molar-refractivity contribution >= 4 is 22.6 Å². The molecule has 1 unspecified atom stereocenters. The number of halogens is 1. The average molecular weight is 211 g/mol. The maximum Gasteiger partial charge on any atom is 0.0217 e. The van der Waals surface area contributed by atoms with Gasteiger partial charge in [-0.15, -0.1) is 0 Å². The van der Waals surface area contributed by atoms with Crippen LogP contribution in [0.3, 0.4) is 0 Å². The van der Waals surface area contributed by atoms with Crippen molar-refractivity contribution in [3.63, 3.8) is 0 Å². The largest absolute Gasteiger partial charge is 0.0789 e. The SMILES string of the molecule is [CH2]C(C)(I)C(C)C. The molecule has 0 aliphatic carbocycles. The summed E-state index contributed by atoms with van der Waals surface area (Å²) >= 11 is 2.36. The Morgan fingerprint density at radius 1 is 1.57 bits per heavy atom. The zero-order valence-electron chi connectivity index (χ0n) is 5.16. The molecule has 0 aliphatic heterocycles. The lowest BCUT2D eigenvalue weighted by molar-refractivity contribution is 0.568. The van der Waals surface area contributed by atoms with Crippen molar-refractivity contribution in [2.24, 2.45) is 5.92 Å². The van der Waals surface area contributed by atoms with Crippen LogP contribution in [0.2, 0.25) is 0 Å². The Labute approximate surface area is 59.8 Å². The van der Waals surface area contributed by atoms with Crippen molar-refractivity contribution in [1.82, 2.24) is 0 Å². The van der Waals surface area contributed by atoms with Crippen molar-refractivity contribution in [3.8, 4) is 0 Å². The Hall–Kier alpha value is 0.730. The van der Waals surface area contributed by atoms with Crippen LogP contribution in [0, 0.1) is 12.8 Å². The van der Waals surface area contributed by atoms with Gasteiger partial charge >= 0.3 is 0 Å². The van der Waals surface area contributed by atoms with Gasteiger partial charge in [-0.3, -0.25) is 0 Å². The second-order valence-corrected chi connectivity index (χ2v) is 4.90. The molecule has 0 bridgehead atoms. The van der Waals surface area contributed by atoms with E-state index >= 15 is 0 Å². The van der Waals surface area contributed by atoms with Gasteiger partial charge in [-0.25, -0.2) is 0 Å². The van der Waals surface area contributed by atoms with Crippen molar-refractivity contribution in [2.75, 3.05) is 0 Å². The summed E-state index contributed by atoms with van der Waals surface area (Å²) in [6, 6.07) is 0. The first kappa shape index (κ1) is 7.73. The fourth-order valence-electron chi connectivity index (χ4n) is 0. The molecule has 0 heterocycles. The van der Waals surface area contributed by atoms with E-state index in [9.17, 15) is 0 Å². The highest BCUT2D eigenvalue weighted by Gasteiger charge is 2.16. The van der Waals surface area contributed by atoms with E-state index in [0.29, 0.717) is 5.92 Å². The van der Waals surface area contributed by atoms with Crippen molar-refractivity contribution in [1.29, 1.82) is 0 Å². The Kier molecular flexibility index (Phi) is 2.58. The molecule has 0 aromatic heterocycles. The fraction of sp³-hybridized carbons (Fsp3) is 0.833. The molecular weight excluding hydrogens is 199 g/mol. The second kappa shape index (κ2) is 2.33. The predicted octanol–water partition coefficient (Wildman–Crippen LogP) is 2.67. The predicted molar refractivity (Wildman–Crippen MR) is 42.6 cm³/mol. The quantitative estimate of drug-likeness (QED) is 0.462. The van der Waals surface area contributed by atoms with E-state index in [0.717, 1.165) is 0 Å². The topological polar surface area (TPSA) is 0 Å². The summed E-state index contributed by atoms with van der Waals surface area (Å²) in [5, 5.41) is 0. The average Bonchev–Trinajstić information content (AvgIpc) is 1.31. The van der Waals surface area contributed by atoms with E-state index < -0.39 is 0 Å². The van der Waals surface area contributed by atoms with Crippen LogP contribution >= 0.6 is 22.6 Å². The molecule has 0 saturated heterocycles. The van der Waals surface area contributed by atoms with E-state index in [1.54, 1.807) is 0 Å². The molecule has 0 spiro atoms. The first-order valence-corrected chi connectivity index (χ1v) is 3.56. The van der Waals surface area contributed by atoms with Gasteiger partial charge in [0.15, 0.2) is 0 Å². The standard InChI is InChI=1S/C6H12I/c1-5(2)6(3,4)7/h5H,3H2,1-2,4H3. The molecule has 0 fully saturated rings. The highest BCUT2D eigenvalue weighted by atomic mass is 127. The van der Waals surface area contributed by atoms with E-state index in [1.807, 2.05) is 0 Å². The van der Waals surface area contributed by atoms with Gasteiger partial charge in [0.2, 0.25) is 0 Å². The van der Waals surface area contributed by atoms with Gasteiger partial charge in [-0.05, 0) is 12.8 Å². The van der Waals surface area contributed by atoms with E-state index in [-0.39, 0.29) is 3.42 Å². The van der Waals surface area contributed by atoms with Gasteiger partial charge in [0.1, 0.15) is 0 Å². The summed E-state index contributed by atoms with van der Waals surface area (Å²) < 4.78 is 0.220. The smallest absolute Gasteiger partial charge is 0.0217 e. The normalized spacial score (nSPS) is 12.9. The van der Waals surface area contributed by atoms with Crippen LogP contribution in [0.25, 0.3) is 0 Å². The molecule has 0 rings (SSSR count). The molecule has 0 aromatic rings. The molecule has 1 atom stereocenters. The summed E-state index contributed by atoms with van der Waals surface area (Å²) in [5.74, 6) is 0.674. The van der Waals surface area contributed by atoms with Gasteiger partial charge in [-0.2, -0.15) is 0 Å². The van der Waals surface area contributed by atoms with Crippen molar-refractivity contribution < 1.29 is 0 Å². The van der Waals surface area contributed by atoms with Gasteiger partial charge in [0.25, 0.3) is 0 Å². The third-order valence-corrected chi connectivity index (χ3v) is 2.45. The Morgan fingerprint density at radius 3 is 1.71 bits per heavy atom. The summed E-state index contributed by atoms with van der Waals surface area (Å²) in [5.41, 5.74) is 0. The number of rotatable bonds is 1. The minimum atomic E-state index is 0.220. The fourth-order valence-corrected chi connectivity index (χ4v) is 0. The van der Waals surface area contributed by atoms with Gasteiger partial charge < -0.3 is 0 Å². The van der Waals surface area contributed by atoms with E-state index in [1.165, 1.54) is 0 Å². The van der Waals surface area contributed by atoms with E-state index in [2.05, 4.69) is 50.3 Å². The number of hydrogen-bond acceptors (Lipinski definition) is 0. The van der Waals surface area contributed by atoms with Crippen LogP contribution in [0.15, 0.2) is 0 Å². The summed E-state index contributed by atoms with van der Waals surface area (Å²) in [6.45, 7) is 10.5. The van der Waals surface area contributed by atoms with Crippen molar-refractivity contribution in [2.45, 2.75) is 24.2 Å². The van der Waals surface area contributed by atoms with Crippen LogP contribution in [0.5, 0.6) is 0 Å². The molecule has 0 N–H and O–H groups in total. The summed E-state index contributed by atoms with van der Waals surface area (Å²) in [6.07, 6.45) is 0. The third-order valence-electron chi connectivity index (χ3n) is 1.20. The van der Waals surface area contributed by atoms with Crippen LogP contribution in [0.4, 0.5) is 0 Å². The Bertz CT molecular complexity index is 49.7. The lowest BCUT2D eigenvalue weighted by Gasteiger charge is -2.19. The molecule has 1 heteroatoms. The van der Waals surface area contributed by atoms with Crippen molar-refractivity contribution in [3.05, 3.63) is 6.92 Å². The van der Waals surface area contributed by atoms with Crippen LogP contribution in [-0.4, -0.2) is 3.42 Å². The molecule has 0 nitrogen and oxygen atoms in total. The third kappa shape index (κ3) is 3.32. The van der Waals surface area contributed by atoms with Crippen LogP contribution in [0.1, 0.15) is 20.8 Å². The van der Waals surface area contributed by atoms with E-state index in [4.69, 9.17) is 0 Å². The molecular formula is C6H12I. The molecule has 7 heavy (non-hydrogen) atoms. The Balaban J connectivity index is 3.54. The molecule has 0 aromatic carbocycles. The Morgan fingerprint density at radius 2 is 1.71 bits per heavy atom. The number of alkyl halides is 1. The van der Waals surface area contributed by atoms with Gasteiger partial charge in [0, 0.05) is 3.42 Å². The molecule has 0 amide bonds. The lowest BCUT2D eigenvalue weighted by Crippen LogP contribution is -2.17. The highest BCUT2D eigenvalue weighted by Crippen LogP contribution is 2.25. The highest BCUT2D eigenvalue weighted by molar-refractivity contribution is 14.1. The minimum Gasteiger partial charge on any atom is -0.0789 e. The lowest BCUT2D eigenvalue weighted by atomic mass is 10.0. The maximum atomic E-state index is 3.96. The molecule has 0 aliphatic rings. The number of hydrogen-bond donors (Lipinski definition) is 0. The maximum absolute atomic E-state index is 3.96. The monoisotopic (exact) mass is 211 g/mol. The first-order chi connectivity index (χ1) is 2.94. The van der Waals surface area contributed by atoms with Gasteiger partial charge in [-0.1, -0.05) is 43.4 Å². The van der Waals surface area contributed by atoms with Crippen LogP contribution in [-0.2, 0) is 0 Å². The zero-order chi connectivity index (χ0) is 6.08. The second-order valence-electron chi connectivity index (χ2n) is 2.43. The summed E-state index contributed by atoms with van der Waals surface area (Å²) in [7, 11) is 0. The molecule has 1 radical (unpaired) electrons. The minimum absolute atomic E-state index is 0.220. The summed E-state index contributed by atoms with van der Waals surface area (Å²) in [4.78, 5) is 0.